The van der Waals surface area contributed by atoms with Gasteiger partial charge in [0.05, 0.1) is 23.3 Å². The first-order chi connectivity index (χ1) is 15.3. The third-order valence-corrected chi connectivity index (χ3v) is 6.64. The minimum absolute atomic E-state index is 0.0832. The van der Waals surface area contributed by atoms with Gasteiger partial charge in [-0.1, -0.05) is 0 Å². The van der Waals surface area contributed by atoms with E-state index in [9.17, 15) is 14.0 Å². The number of nitrogen functional groups attached to an aromatic ring is 1. The van der Waals surface area contributed by atoms with Crippen LogP contribution in [0.1, 0.15) is 23.3 Å². The molecule has 2 aromatic heterocycles. The molecule has 1 aliphatic heterocycles. The van der Waals surface area contributed by atoms with Crippen LogP contribution in [-0.2, 0) is 4.79 Å². The first-order valence-corrected chi connectivity index (χ1v) is 10.8. The molecular formula is C20H23FN8O2S. The minimum atomic E-state index is -0.809. The van der Waals surface area contributed by atoms with Crippen molar-refractivity contribution in [2.24, 2.45) is 5.73 Å². The zero-order valence-corrected chi connectivity index (χ0v) is 18.1. The van der Waals surface area contributed by atoms with Gasteiger partial charge in [-0.05, 0) is 26.0 Å². The number of nitrogens with two attached hydrogens (primary N) is 2. The molecule has 3 heterocycles. The number of carbonyl (C=O) groups is 2. The highest BCUT2D eigenvalue weighted by atomic mass is 32.1. The molecule has 4 rings (SSSR count). The van der Waals surface area contributed by atoms with E-state index < -0.39 is 23.2 Å². The van der Waals surface area contributed by atoms with Gasteiger partial charge in [-0.15, -0.1) is 11.3 Å². The van der Waals surface area contributed by atoms with Crippen molar-refractivity contribution in [2.75, 3.05) is 36.1 Å². The Morgan fingerprint density at radius 3 is 2.69 bits per heavy atom. The fourth-order valence-corrected chi connectivity index (χ4v) is 4.54. The number of nitrogens with zero attached hydrogens (tertiary/aromatic N) is 3. The lowest BCUT2D eigenvalue weighted by atomic mass is 9.86. The van der Waals surface area contributed by atoms with Crippen LogP contribution >= 0.6 is 11.3 Å². The van der Waals surface area contributed by atoms with Crippen molar-refractivity contribution in [1.82, 2.24) is 20.5 Å². The van der Waals surface area contributed by atoms with Crippen molar-refractivity contribution in [3.8, 4) is 10.6 Å². The summed E-state index contributed by atoms with van der Waals surface area (Å²) in [6.07, 6.45) is 4.19. The number of aromatic amines is 1. The first-order valence-electron chi connectivity index (χ1n) is 9.92. The SMILES string of the molecule is CNC1(C(N)=O)CCN(c2cc(F)c(N)cc2NC(=O)c2csc(-c3cn[nH]c3)n2)CC1. The Morgan fingerprint density at radius 2 is 2.06 bits per heavy atom. The van der Waals surface area contributed by atoms with Crippen LogP contribution in [0.25, 0.3) is 10.6 Å². The van der Waals surface area contributed by atoms with Crippen LogP contribution < -0.4 is 27.0 Å². The van der Waals surface area contributed by atoms with Gasteiger partial charge in [-0.2, -0.15) is 5.10 Å². The third-order valence-electron chi connectivity index (χ3n) is 5.75. The summed E-state index contributed by atoms with van der Waals surface area (Å²) in [6.45, 7) is 0.884. The highest BCUT2D eigenvalue weighted by Gasteiger charge is 2.39. The van der Waals surface area contributed by atoms with Crippen molar-refractivity contribution >= 4 is 40.2 Å². The number of rotatable bonds is 6. The van der Waals surface area contributed by atoms with E-state index in [-0.39, 0.29) is 11.4 Å². The number of likely N-dealkylation sites (N-methyl/N-ethyl adjacent to an activating group) is 1. The number of halogens is 1. The molecule has 0 bridgehead atoms. The monoisotopic (exact) mass is 458 g/mol. The van der Waals surface area contributed by atoms with E-state index >= 15 is 0 Å². The smallest absolute Gasteiger partial charge is 0.275 e. The Hall–Kier alpha value is -3.51. The number of hydrogen-bond donors (Lipinski definition) is 5. The molecular weight excluding hydrogens is 435 g/mol. The van der Waals surface area contributed by atoms with Crippen molar-refractivity contribution in [3.05, 3.63) is 41.4 Å². The number of carbonyl (C=O) groups excluding carboxylic acids is 2. The molecule has 7 N–H and O–H groups in total. The number of primary amides is 1. The van der Waals surface area contributed by atoms with E-state index in [1.54, 1.807) is 24.8 Å². The van der Waals surface area contributed by atoms with Crippen LogP contribution in [0.5, 0.6) is 0 Å². The second kappa shape index (κ2) is 8.55. The normalized spacial score (nSPS) is 15.5. The number of hydrogen-bond acceptors (Lipinski definition) is 8. The van der Waals surface area contributed by atoms with E-state index in [0.29, 0.717) is 42.3 Å². The van der Waals surface area contributed by atoms with Crippen LogP contribution in [0.3, 0.4) is 0 Å². The van der Waals surface area contributed by atoms with Gasteiger partial charge in [0.1, 0.15) is 22.1 Å². The zero-order valence-electron chi connectivity index (χ0n) is 17.3. The average Bonchev–Trinajstić information content (AvgIpc) is 3.48. The largest absolute Gasteiger partial charge is 0.396 e. The maximum Gasteiger partial charge on any atom is 0.275 e. The van der Waals surface area contributed by atoms with Gasteiger partial charge in [-0.25, -0.2) is 9.37 Å². The van der Waals surface area contributed by atoms with Gasteiger partial charge in [0.15, 0.2) is 0 Å². The average molecular weight is 459 g/mol. The molecule has 0 aliphatic carbocycles. The van der Waals surface area contributed by atoms with E-state index in [0.717, 1.165) is 5.56 Å². The molecule has 1 aromatic carbocycles. The Morgan fingerprint density at radius 1 is 1.31 bits per heavy atom. The number of nitrogens with one attached hydrogen (secondary N) is 3. The summed E-state index contributed by atoms with van der Waals surface area (Å²) in [5.74, 6) is -1.45. The highest BCUT2D eigenvalue weighted by molar-refractivity contribution is 7.13. The van der Waals surface area contributed by atoms with Gasteiger partial charge in [-0.3, -0.25) is 14.7 Å². The molecule has 0 saturated carbocycles. The van der Waals surface area contributed by atoms with E-state index in [2.05, 4.69) is 25.8 Å². The second-order valence-corrected chi connectivity index (χ2v) is 8.41. The Kier molecular flexibility index (Phi) is 5.80. The summed E-state index contributed by atoms with van der Waals surface area (Å²) < 4.78 is 14.3. The van der Waals surface area contributed by atoms with Crippen LogP contribution in [0, 0.1) is 5.82 Å². The maximum atomic E-state index is 14.3. The lowest BCUT2D eigenvalue weighted by molar-refractivity contribution is -0.125. The molecule has 0 radical (unpaired) electrons. The fourth-order valence-electron chi connectivity index (χ4n) is 3.76. The summed E-state index contributed by atoms with van der Waals surface area (Å²) >= 11 is 1.31. The van der Waals surface area contributed by atoms with Gasteiger partial charge < -0.3 is 27.0 Å². The summed E-state index contributed by atoms with van der Waals surface area (Å²) in [5, 5.41) is 14.7. The number of piperidine rings is 1. The molecule has 10 nitrogen and oxygen atoms in total. The van der Waals surface area contributed by atoms with Gasteiger partial charge in [0.2, 0.25) is 5.91 Å². The molecule has 3 aromatic rings. The van der Waals surface area contributed by atoms with Crippen molar-refractivity contribution in [1.29, 1.82) is 0 Å². The predicted molar refractivity (Wildman–Crippen MR) is 121 cm³/mol. The van der Waals surface area contributed by atoms with E-state index in [4.69, 9.17) is 11.5 Å². The maximum absolute atomic E-state index is 14.3. The van der Waals surface area contributed by atoms with Crippen molar-refractivity contribution in [2.45, 2.75) is 18.4 Å². The van der Waals surface area contributed by atoms with E-state index in [1.807, 2.05) is 4.90 Å². The van der Waals surface area contributed by atoms with Crippen LogP contribution in [0.2, 0.25) is 0 Å². The zero-order chi connectivity index (χ0) is 22.9. The lowest BCUT2D eigenvalue weighted by Gasteiger charge is -2.41. The number of benzene rings is 1. The summed E-state index contributed by atoms with van der Waals surface area (Å²) in [4.78, 5) is 31.0. The van der Waals surface area contributed by atoms with Crippen molar-refractivity contribution in [3.63, 3.8) is 0 Å². The molecule has 12 heteroatoms. The fraction of sp³-hybridized carbons (Fsp3) is 0.300. The number of H-pyrrole nitrogens is 1. The Bertz CT molecular complexity index is 1140. The first kappa shape index (κ1) is 21.7. The van der Waals surface area contributed by atoms with Crippen LogP contribution in [0.15, 0.2) is 29.9 Å². The molecule has 1 aliphatic rings. The van der Waals surface area contributed by atoms with E-state index in [1.165, 1.54) is 23.5 Å². The molecule has 32 heavy (non-hydrogen) atoms. The number of anilines is 3. The molecule has 0 atom stereocenters. The molecule has 168 valence electrons. The summed E-state index contributed by atoms with van der Waals surface area (Å²) in [5.41, 5.74) is 12.3. The number of thiazole rings is 1. The molecule has 1 fully saturated rings. The Balaban J connectivity index is 1.56. The number of aromatic nitrogens is 3. The summed E-state index contributed by atoms with van der Waals surface area (Å²) in [7, 11) is 1.70. The standard InChI is InChI=1S/C20H23FN8O2S/c1-24-20(19(23)31)2-4-29(5-3-20)16-6-12(21)13(22)7-14(16)27-17(30)15-10-32-18(28-15)11-8-25-26-9-11/h6-10,24H,2-5,22H2,1H3,(H2,23,31)(H,25,26)(H,27,30). The topological polar surface area (TPSA) is 155 Å². The van der Waals surface area contributed by atoms with Gasteiger partial charge in [0.25, 0.3) is 5.91 Å². The van der Waals surface area contributed by atoms with Crippen LogP contribution in [-0.4, -0.2) is 52.7 Å². The molecule has 1 saturated heterocycles. The number of amides is 2. The minimum Gasteiger partial charge on any atom is -0.396 e. The second-order valence-electron chi connectivity index (χ2n) is 7.55. The van der Waals surface area contributed by atoms with Gasteiger partial charge >= 0.3 is 0 Å². The quantitative estimate of drug-likeness (QED) is 0.351. The third kappa shape index (κ3) is 4.01. The molecule has 0 spiro atoms. The molecule has 0 unspecified atom stereocenters. The lowest BCUT2D eigenvalue weighted by Crippen LogP contribution is -2.59. The van der Waals surface area contributed by atoms with Crippen molar-refractivity contribution < 1.29 is 14.0 Å². The molecule has 2 amide bonds. The highest BCUT2D eigenvalue weighted by Crippen LogP contribution is 2.35. The van der Waals surface area contributed by atoms with Gasteiger partial charge in [0, 0.05) is 36.3 Å². The Labute approximate surface area is 187 Å². The predicted octanol–water partition coefficient (Wildman–Crippen LogP) is 1.55. The summed E-state index contributed by atoms with van der Waals surface area (Å²) in [6, 6.07) is 2.68. The van der Waals surface area contributed by atoms with Crippen LogP contribution in [0.4, 0.5) is 21.5 Å².